The van der Waals surface area contributed by atoms with Crippen molar-refractivity contribution in [3.63, 3.8) is 0 Å². The summed E-state index contributed by atoms with van der Waals surface area (Å²) in [6, 6.07) is 6.12. The van der Waals surface area contributed by atoms with Crippen LogP contribution in [0.25, 0.3) is 0 Å². The van der Waals surface area contributed by atoms with Gasteiger partial charge in [-0.2, -0.15) is 0 Å². The fourth-order valence-corrected chi connectivity index (χ4v) is 2.62. The minimum atomic E-state index is 0.133. The monoisotopic (exact) mass is 268 g/mol. The predicted octanol–water partition coefficient (Wildman–Crippen LogP) is 2.06. The molecule has 2 unspecified atom stereocenters. The van der Waals surface area contributed by atoms with E-state index in [1.807, 2.05) is 12.1 Å². The van der Waals surface area contributed by atoms with E-state index in [0.717, 1.165) is 24.7 Å². The van der Waals surface area contributed by atoms with Crippen LogP contribution >= 0.6 is 11.6 Å². The van der Waals surface area contributed by atoms with Crippen LogP contribution in [0.5, 0.6) is 0 Å². The van der Waals surface area contributed by atoms with Crippen LogP contribution in [-0.4, -0.2) is 37.4 Å². The van der Waals surface area contributed by atoms with E-state index in [4.69, 9.17) is 11.6 Å². The molecule has 1 aliphatic heterocycles. The number of aliphatic hydroxyl groups is 1. The van der Waals surface area contributed by atoms with Gasteiger partial charge in [0.25, 0.3) is 0 Å². The number of hydrogen-bond acceptors (Lipinski definition) is 3. The zero-order valence-electron chi connectivity index (χ0n) is 11.0. The normalized spacial score (nSPS) is 25.0. The highest BCUT2D eigenvalue weighted by Gasteiger charge is 2.22. The van der Waals surface area contributed by atoms with Crippen LogP contribution in [-0.2, 0) is 0 Å². The Hall–Kier alpha value is -0.770. The highest BCUT2D eigenvalue weighted by Crippen LogP contribution is 2.26. The molecule has 1 saturated heterocycles. The fourth-order valence-electron chi connectivity index (χ4n) is 2.46. The number of anilines is 1. The largest absolute Gasteiger partial charge is 0.395 e. The number of benzene rings is 1. The summed E-state index contributed by atoms with van der Waals surface area (Å²) in [6.07, 6.45) is 0. The van der Waals surface area contributed by atoms with Gasteiger partial charge in [0.1, 0.15) is 0 Å². The Bertz CT molecular complexity index is 411. The Kier molecular flexibility index (Phi) is 4.49. The Morgan fingerprint density at radius 1 is 1.44 bits per heavy atom. The summed E-state index contributed by atoms with van der Waals surface area (Å²) in [6.45, 7) is 7.25. The zero-order chi connectivity index (χ0) is 13.1. The minimum Gasteiger partial charge on any atom is -0.395 e. The van der Waals surface area contributed by atoms with E-state index in [1.54, 1.807) is 0 Å². The number of nitrogens with one attached hydrogen (secondary N) is 1. The zero-order valence-corrected chi connectivity index (χ0v) is 11.7. The third kappa shape index (κ3) is 3.16. The maximum Gasteiger partial charge on any atom is 0.0601 e. The Labute approximate surface area is 114 Å². The number of nitrogens with zero attached hydrogens (tertiary/aromatic N) is 1. The van der Waals surface area contributed by atoms with Gasteiger partial charge in [-0.1, -0.05) is 24.6 Å². The molecule has 1 aromatic carbocycles. The summed E-state index contributed by atoms with van der Waals surface area (Å²) >= 11 is 6.09. The van der Waals surface area contributed by atoms with E-state index in [0.29, 0.717) is 5.92 Å². The highest BCUT2D eigenvalue weighted by atomic mass is 35.5. The van der Waals surface area contributed by atoms with Gasteiger partial charge in [-0.05, 0) is 37.1 Å². The van der Waals surface area contributed by atoms with E-state index in [1.165, 1.54) is 11.3 Å². The molecule has 0 spiro atoms. The molecule has 2 atom stereocenters. The lowest BCUT2D eigenvalue weighted by molar-refractivity contribution is 0.247. The second kappa shape index (κ2) is 5.91. The molecule has 0 radical (unpaired) electrons. The molecule has 0 aliphatic carbocycles. The SMILES string of the molecule is Cc1ccc(Cl)cc1N1CC(C)CNC(CO)C1. The molecule has 1 heterocycles. The van der Waals surface area contributed by atoms with Gasteiger partial charge in [-0.15, -0.1) is 0 Å². The van der Waals surface area contributed by atoms with Crippen molar-refractivity contribution < 1.29 is 5.11 Å². The molecule has 100 valence electrons. The molecule has 1 fully saturated rings. The molecule has 1 aromatic rings. The Morgan fingerprint density at radius 2 is 2.22 bits per heavy atom. The lowest BCUT2D eigenvalue weighted by Gasteiger charge is -2.28. The molecule has 2 rings (SSSR count). The average Bonchev–Trinajstić information content (AvgIpc) is 2.54. The summed E-state index contributed by atoms with van der Waals surface area (Å²) < 4.78 is 0. The van der Waals surface area contributed by atoms with Crippen LogP contribution in [0.4, 0.5) is 5.69 Å². The quantitative estimate of drug-likeness (QED) is 0.862. The Morgan fingerprint density at radius 3 is 2.94 bits per heavy atom. The van der Waals surface area contributed by atoms with Gasteiger partial charge in [0.15, 0.2) is 0 Å². The molecule has 4 heteroatoms. The summed E-state index contributed by atoms with van der Waals surface area (Å²) in [7, 11) is 0. The van der Waals surface area contributed by atoms with Crippen molar-refractivity contribution >= 4 is 17.3 Å². The van der Waals surface area contributed by atoms with E-state index in [2.05, 4.69) is 30.1 Å². The summed E-state index contributed by atoms with van der Waals surface area (Å²) in [5.41, 5.74) is 2.40. The van der Waals surface area contributed by atoms with Gasteiger partial charge in [0.2, 0.25) is 0 Å². The van der Waals surface area contributed by atoms with Gasteiger partial charge < -0.3 is 15.3 Å². The van der Waals surface area contributed by atoms with E-state index in [-0.39, 0.29) is 12.6 Å². The number of rotatable bonds is 2. The molecule has 0 aromatic heterocycles. The molecule has 0 bridgehead atoms. The number of hydrogen-bond donors (Lipinski definition) is 2. The molecule has 3 nitrogen and oxygen atoms in total. The van der Waals surface area contributed by atoms with Crippen molar-refractivity contribution in [3.05, 3.63) is 28.8 Å². The summed E-state index contributed by atoms with van der Waals surface area (Å²) in [5, 5.41) is 13.5. The first-order valence-electron chi connectivity index (χ1n) is 6.45. The van der Waals surface area contributed by atoms with E-state index < -0.39 is 0 Å². The number of aryl methyl sites for hydroxylation is 1. The standard InChI is InChI=1S/C14H21ClN2O/c1-10-6-16-13(9-18)8-17(7-10)14-5-12(15)4-3-11(14)2/h3-5,10,13,16,18H,6-9H2,1-2H3. The van der Waals surface area contributed by atoms with Gasteiger partial charge in [-0.3, -0.25) is 0 Å². The first-order valence-corrected chi connectivity index (χ1v) is 6.83. The van der Waals surface area contributed by atoms with Crippen LogP contribution in [0.2, 0.25) is 5.02 Å². The molecule has 0 saturated carbocycles. The van der Waals surface area contributed by atoms with Crippen molar-refractivity contribution in [1.82, 2.24) is 5.32 Å². The average molecular weight is 269 g/mol. The minimum absolute atomic E-state index is 0.133. The topological polar surface area (TPSA) is 35.5 Å². The highest BCUT2D eigenvalue weighted by molar-refractivity contribution is 6.30. The number of halogens is 1. The molecular formula is C14H21ClN2O. The third-order valence-electron chi connectivity index (χ3n) is 3.46. The van der Waals surface area contributed by atoms with E-state index >= 15 is 0 Å². The molecular weight excluding hydrogens is 248 g/mol. The smallest absolute Gasteiger partial charge is 0.0601 e. The van der Waals surface area contributed by atoms with Crippen molar-refractivity contribution in [2.75, 3.05) is 31.1 Å². The van der Waals surface area contributed by atoms with Crippen molar-refractivity contribution in [1.29, 1.82) is 0 Å². The van der Waals surface area contributed by atoms with Gasteiger partial charge in [0, 0.05) is 29.8 Å². The van der Waals surface area contributed by atoms with Crippen LogP contribution in [0.15, 0.2) is 18.2 Å². The molecule has 0 amide bonds. The first kappa shape index (κ1) is 13.7. The summed E-state index contributed by atoms with van der Waals surface area (Å²) in [4.78, 5) is 2.33. The molecule has 1 aliphatic rings. The maximum atomic E-state index is 9.38. The van der Waals surface area contributed by atoms with Gasteiger partial charge in [0.05, 0.1) is 6.61 Å². The third-order valence-corrected chi connectivity index (χ3v) is 3.70. The van der Waals surface area contributed by atoms with Gasteiger partial charge >= 0.3 is 0 Å². The second-order valence-electron chi connectivity index (χ2n) is 5.23. The van der Waals surface area contributed by atoms with Crippen molar-refractivity contribution in [2.24, 2.45) is 5.92 Å². The van der Waals surface area contributed by atoms with Crippen LogP contribution < -0.4 is 10.2 Å². The van der Waals surface area contributed by atoms with Crippen molar-refractivity contribution in [3.8, 4) is 0 Å². The number of aliphatic hydroxyl groups excluding tert-OH is 1. The lowest BCUT2D eigenvalue weighted by Crippen LogP contribution is -2.40. The predicted molar refractivity (Wildman–Crippen MR) is 76.4 cm³/mol. The van der Waals surface area contributed by atoms with Crippen LogP contribution in [0, 0.1) is 12.8 Å². The molecule has 2 N–H and O–H groups in total. The fraction of sp³-hybridized carbons (Fsp3) is 0.571. The second-order valence-corrected chi connectivity index (χ2v) is 5.67. The van der Waals surface area contributed by atoms with Crippen LogP contribution in [0.1, 0.15) is 12.5 Å². The first-order chi connectivity index (χ1) is 8.60. The van der Waals surface area contributed by atoms with Crippen LogP contribution in [0.3, 0.4) is 0 Å². The maximum absolute atomic E-state index is 9.38. The lowest BCUT2D eigenvalue weighted by atomic mass is 10.1. The Balaban J connectivity index is 2.26. The van der Waals surface area contributed by atoms with E-state index in [9.17, 15) is 5.11 Å². The van der Waals surface area contributed by atoms with Crippen molar-refractivity contribution in [2.45, 2.75) is 19.9 Å². The summed E-state index contributed by atoms with van der Waals surface area (Å²) in [5.74, 6) is 0.555. The molecule has 18 heavy (non-hydrogen) atoms. The van der Waals surface area contributed by atoms with Gasteiger partial charge in [-0.25, -0.2) is 0 Å².